The van der Waals surface area contributed by atoms with Crippen LogP contribution >= 0.6 is 0 Å². The zero-order valence-electron chi connectivity index (χ0n) is 8.25. The fourth-order valence-corrected chi connectivity index (χ4v) is 1.63. The normalized spacial score (nSPS) is 26.3. The SMILES string of the molecule is Fc1ccc(NC2CCOCC2F)cc1. The van der Waals surface area contributed by atoms with E-state index < -0.39 is 6.17 Å². The summed E-state index contributed by atoms with van der Waals surface area (Å²) in [5.41, 5.74) is 0.742. The van der Waals surface area contributed by atoms with Gasteiger partial charge >= 0.3 is 0 Å². The third-order valence-corrected chi connectivity index (χ3v) is 2.48. The van der Waals surface area contributed by atoms with Crippen LogP contribution in [-0.4, -0.2) is 25.4 Å². The lowest BCUT2D eigenvalue weighted by Crippen LogP contribution is -2.39. The van der Waals surface area contributed by atoms with Crippen molar-refractivity contribution in [3.05, 3.63) is 30.1 Å². The van der Waals surface area contributed by atoms with E-state index in [0.717, 1.165) is 5.69 Å². The highest BCUT2D eigenvalue weighted by Gasteiger charge is 2.24. The van der Waals surface area contributed by atoms with Crippen molar-refractivity contribution in [2.75, 3.05) is 18.5 Å². The van der Waals surface area contributed by atoms with Crippen molar-refractivity contribution in [2.45, 2.75) is 18.6 Å². The van der Waals surface area contributed by atoms with E-state index >= 15 is 0 Å². The molecular weight excluding hydrogens is 200 g/mol. The van der Waals surface area contributed by atoms with Gasteiger partial charge in [-0.3, -0.25) is 0 Å². The third kappa shape index (κ3) is 2.65. The Morgan fingerprint density at radius 1 is 1.27 bits per heavy atom. The van der Waals surface area contributed by atoms with Crippen molar-refractivity contribution < 1.29 is 13.5 Å². The second kappa shape index (κ2) is 4.57. The van der Waals surface area contributed by atoms with Crippen molar-refractivity contribution >= 4 is 5.69 Å². The molecule has 4 heteroatoms. The van der Waals surface area contributed by atoms with Gasteiger partial charge in [0.25, 0.3) is 0 Å². The molecule has 0 aliphatic carbocycles. The van der Waals surface area contributed by atoms with Gasteiger partial charge in [-0.1, -0.05) is 0 Å². The third-order valence-electron chi connectivity index (χ3n) is 2.48. The summed E-state index contributed by atoms with van der Waals surface area (Å²) in [5, 5.41) is 3.04. The van der Waals surface area contributed by atoms with E-state index in [2.05, 4.69) is 5.32 Å². The summed E-state index contributed by atoms with van der Waals surface area (Å²) in [6, 6.07) is 5.70. The second-order valence-corrected chi connectivity index (χ2v) is 3.64. The van der Waals surface area contributed by atoms with Gasteiger partial charge in [0.1, 0.15) is 12.0 Å². The summed E-state index contributed by atoms with van der Waals surface area (Å²) in [7, 11) is 0. The molecule has 0 bridgehead atoms. The van der Waals surface area contributed by atoms with Crippen LogP contribution < -0.4 is 5.32 Å². The Kier molecular flexibility index (Phi) is 3.16. The first kappa shape index (κ1) is 10.4. The maximum absolute atomic E-state index is 13.4. The second-order valence-electron chi connectivity index (χ2n) is 3.64. The Morgan fingerprint density at radius 2 is 2.00 bits per heavy atom. The quantitative estimate of drug-likeness (QED) is 0.814. The first-order valence-corrected chi connectivity index (χ1v) is 4.99. The Labute approximate surface area is 87.2 Å². The topological polar surface area (TPSA) is 21.3 Å². The van der Waals surface area contributed by atoms with Gasteiger partial charge in [0.2, 0.25) is 0 Å². The molecule has 1 aliphatic rings. The lowest BCUT2D eigenvalue weighted by atomic mass is 10.1. The number of rotatable bonds is 2. The number of alkyl halides is 1. The van der Waals surface area contributed by atoms with Crippen LogP contribution in [0.2, 0.25) is 0 Å². The van der Waals surface area contributed by atoms with Crippen LogP contribution in [0.5, 0.6) is 0 Å². The fourth-order valence-electron chi connectivity index (χ4n) is 1.63. The highest BCUT2D eigenvalue weighted by atomic mass is 19.1. The Morgan fingerprint density at radius 3 is 2.67 bits per heavy atom. The molecule has 2 rings (SSSR count). The van der Waals surface area contributed by atoms with Gasteiger partial charge in [0.05, 0.1) is 12.6 Å². The first-order valence-electron chi connectivity index (χ1n) is 4.99. The molecule has 0 radical (unpaired) electrons. The minimum Gasteiger partial charge on any atom is -0.379 e. The average Bonchev–Trinajstić information content (AvgIpc) is 2.25. The molecule has 1 N–H and O–H groups in total. The van der Waals surface area contributed by atoms with Crippen LogP contribution in [0, 0.1) is 5.82 Å². The molecule has 1 saturated heterocycles. The van der Waals surface area contributed by atoms with Crippen molar-refractivity contribution in [1.29, 1.82) is 0 Å². The summed E-state index contributed by atoms with van der Waals surface area (Å²) >= 11 is 0. The lowest BCUT2D eigenvalue weighted by Gasteiger charge is -2.27. The molecule has 0 amide bonds. The molecule has 1 aromatic carbocycles. The van der Waals surface area contributed by atoms with Crippen LogP contribution in [0.1, 0.15) is 6.42 Å². The van der Waals surface area contributed by atoms with Gasteiger partial charge in [0, 0.05) is 12.3 Å². The summed E-state index contributed by atoms with van der Waals surface area (Å²) in [6.45, 7) is 0.706. The summed E-state index contributed by atoms with van der Waals surface area (Å²) in [6.07, 6.45) is -0.359. The largest absolute Gasteiger partial charge is 0.379 e. The minimum atomic E-state index is -0.996. The van der Waals surface area contributed by atoms with Crippen molar-refractivity contribution in [2.24, 2.45) is 0 Å². The Balaban J connectivity index is 1.98. The molecule has 2 unspecified atom stereocenters. The van der Waals surface area contributed by atoms with Gasteiger partial charge < -0.3 is 10.1 Å². The maximum Gasteiger partial charge on any atom is 0.143 e. The highest BCUT2D eigenvalue weighted by molar-refractivity contribution is 5.44. The molecule has 0 spiro atoms. The van der Waals surface area contributed by atoms with E-state index in [9.17, 15) is 8.78 Å². The van der Waals surface area contributed by atoms with Gasteiger partial charge in [-0.05, 0) is 30.7 Å². The van der Waals surface area contributed by atoms with Gasteiger partial charge in [-0.15, -0.1) is 0 Å². The molecule has 15 heavy (non-hydrogen) atoms. The molecule has 2 atom stereocenters. The first-order chi connectivity index (χ1) is 7.25. The predicted molar refractivity (Wildman–Crippen MR) is 54.1 cm³/mol. The van der Waals surface area contributed by atoms with Crippen LogP contribution in [0.4, 0.5) is 14.5 Å². The molecular formula is C11H13F2NO. The lowest BCUT2D eigenvalue weighted by molar-refractivity contribution is 0.0286. The molecule has 1 fully saturated rings. The van der Waals surface area contributed by atoms with Crippen LogP contribution in [0.25, 0.3) is 0 Å². The summed E-state index contributed by atoms with van der Waals surface area (Å²) < 4.78 is 31.0. The van der Waals surface area contributed by atoms with E-state index in [1.54, 1.807) is 12.1 Å². The van der Waals surface area contributed by atoms with Crippen molar-refractivity contribution in [3.8, 4) is 0 Å². The fraction of sp³-hybridized carbons (Fsp3) is 0.455. The van der Waals surface area contributed by atoms with Gasteiger partial charge in [0.15, 0.2) is 0 Å². The molecule has 1 heterocycles. The molecule has 82 valence electrons. The standard InChI is InChI=1S/C11H13F2NO/c12-8-1-3-9(4-2-8)14-11-5-6-15-7-10(11)13/h1-4,10-11,14H,5-7H2. The Hall–Kier alpha value is -1.16. The zero-order chi connectivity index (χ0) is 10.7. The number of ether oxygens (including phenoxy) is 1. The van der Waals surface area contributed by atoms with Crippen molar-refractivity contribution in [1.82, 2.24) is 0 Å². The molecule has 2 nitrogen and oxygen atoms in total. The number of halogens is 2. The smallest absolute Gasteiger partial charge is 0.143 e. The van der Waals surface area contributed by atoms with Crippen LogP contribution in [-0.2, 0) is 4.74 Å². The summed E-state index contributed by atoms with van der Waals surface area (Å²) in [5.74, 6) is -0.288. The number of nitrogens with one attached hydrogen (secondary N) is 1. The van der Waals surface area contributed by atoms with E-state index in [1.807, 2.05) is 0 Å². The number of anilines is 1. The molecule has 1 aliphatic heterocycles. The number of hydrogen-bond acceptors (Lipinski definition) is 2. The maximum atomic E-state index is 13.4. The average molecular weight is 213 g/mol. The molecule has 0 saturated carbocycles. The molecule has 1 aromatic rings. The zero-order valence-corrected chi connectivity index (χ0v) is 8.25. The Bertz CT molecular complexity index is 315. The van der Waals surface area contributed by atoms with Crippen LogP contribution in [0.15, 0.2) is 24.3 Å². The predicted octanol–water partition coefficient (Wildman–Crippen LogP) is 2.36. The van der Waals surface area contributed by atoms with Crippen LogP contribution in [0.3, 0.4) is 0 Å². The highest BCUT2D eigenvalue weighted by Crippen LogP contribution is 2.17. The van der Waals surface area contributed by atoms with E-state index in [4.69, 9.17) is 4.74 Å². The minimum absolute atomic E-state index is 0.138. The van der Waals surface area contributed by atoms with Gasteiger partial charge in [-0.25, -0.2) is 8.78 Å². The summed E-state index contributed by atoms with van der Waals surface area (Å²) in [4.78, 5) is 0. The van der Waals surface area contributed by atoms with E-state index in [0.29, 0.717) is 13.0 Å². The van der Waals surface area contributed by atoms with Crippen molar-refractivity contribution in [3.63, 3.8) is 0 Å². The number of benzene rings is 1. The van der Waals surface area contributed by atoms with E-state index in [1.165, 1.54) is 12.1 Å². The number of hydrogen-bond donors (Lipinski definition) is 1. The monoisotopic (exact) mass is 213 g/mol. The van der Waals surface area contributed by atoms with E-state index in [-0.39, 0.29) is 18.5 Å². The molecule has 0 aromatic heterocycles. The van der Waals surface area contributed by atoms with Gasteiger partial charge in [-0.2, -0.15) is 0 Å².